The number of carbonyl (C=O) groups is 1. The van der Waals surface area contributed by atoms with Crippen LogP contribution in [0, 0.1) is 0 Å². The number of unbranched alkanes of at least 4 members (excludes halogenated alkanes) is 1. The Labute approximate surface area is 175 Å². The first-order valence-corrected chi connectivity index (χ1v) is 10.3. The number of methoxy groups -OCH3 is 1. The molecule has 6 heteroatoms. The number of hydrogen-bond acceptors (Lipinski definition) is 2. The average molecular weight is 419 g/mol. The van der Waals surface area contributed by atoms with Crippen molar-refractivity contribution < 1.29 is 22.7 Å². The first-order chi connectivity index (χ1) is 14.2. The van der Waals surface area contributed by atoms with E-state index in [4.69, 9.17) is 4.74 Å². The predicted octanol–water partition coefficient (Wildman–Crippen LogP) is 6.78. The highest BCUT2D eigenvalue weighted by atomic mass is 19.4. The third kappa shape index (κ3) is 4.53. The van der Waals surface area contributed by atoms with Gasteiger partial charge in [-0.15, -0.1) is 0 Å². The molecule has 0 saturated carbocycles. The van der Waals surface area contributed by atoms with E-state index < -0.39 is 11.7 Å². The molecule has 1 aliphatic heterocycles. The van der Waals surface area contributed by atoms with Gasteiger partial charge in [0.05, 0.1) is 17.2 Å². The van der Waals surface area contributed by atoms with Crippen molar-refractivity contribution in [3.05, 3.63) is 65.2 Å². The van der Waals surface area contributed by atoms with Gasteiger partial charge in [-0.3, -0.25) is 4.79 Å². The minimum Gasteiger partial charge on any atom is -0.379 e. The van der Waals surface area contributed by atoms with Crippen LogP contribution < -0.4 is 4.90 Å². The molecule has 1 amide bonds. The number of anilines is 1. The predicted molar refractivity (Wildman–Crippen MR) is 112 cm³/mol. The summed E-state index contributed by atoms with van der Waals surface area (Å²) < 4.78 is 45.5. The van der Waals surface area contributed by atoms with Crippen LogP contribution in [0.3, 0.4) is 0 Å². The van der Waals surface area contributed by atoms with E-state index in [-0.39, 0.29) is 23.2 Å². The summed E-state index contributed by atoms with van der Waals surface area (Å²) in [4.78, 5) is 14.7. The molecule has 1 aliphatic rings. The highest BCUT2D eigenvalue weighted by Gasteiger charge is 2.39. The van der Waals surface area contributed by atoms with Crippen molar-refractivity contribution in [2.24, 2.45) is 0 Å². The third-order valence-corrected chi connectivity index (χ3v) is 6.03. The molecule has 1 heterocycles. The van der Waals surface area contributed by atoms with Gasteiger partial charge < -0.3 is 9.64 Å². The fraction of sp³-hybridized carbons (Fsp3) is 0.458. The first-order valence-electron chi connectivity index (χ1n) is 10.3. The highest BCUT2D eigenvalue weighted by molar-refractivity contribution is 6.11. The zero-order valence-corrected chi connectivity index (χ0v) is 17.6. The van der Waals surface area contributed by atoms with Crippen LogP contribution in [0.1, 0.15) is 73.5 Å². The quantitative estimate of drug-likeness (QED) is 0.472. The van der Waals surface area contributed by atoms with E-state index in [1.165, 1.54) is 11.0 Å². The lowest BCUT2D eigenvalue weighted by Crippen LogP contribution is -2.32. The molecule has 2 unspecified atom stereocenters. The molecule has 2 aromatic rings. The summed E-state index contributed by atoms with van der Waals surface area (Å²) in [7, 11) is 1.69. The topological polar surface area (TPSA) is 29.5 Å². The second-order valence-corrected chi connectivity index (χ2v) is 8.12. The second-order valence-electron chi connectivity index (χ2n) is 8.12. The first kappa shape index (κ1) is 22.3. The number of halogens is 3. The SMILES string of the molecule is CCCCC(C)(CCC1c2ccccc2C(=O)N1c1cccc(C(F)(F)F)c1)OC. The summed E-state index contributed by atoms with van der Waals surface area (Å²) in [5.41, 5.74) is 0.577. The molecule has 0 N–H and O–H groups in total. The molecule has 2 aromatic carbocycles. The molecule has 3 nitrogen and oxygen atoms in total. The van der Waals surface area contributed by atoms with E-state index in [1.807, 2.05) is 12.1 Å². The Bertz CT molecular complexity index is 896. The summed E-state index contributed by atoms with van der Waals surface area (Å²) in [5, 5.41) is 0. The summed E-state index contributed by atoms with van der Waals surface area (Å²) in [6.07, 6.45) is -0.179. The van der Waals surface area contributed by atoms with Crippen molar-refractivity contribution >= 4 is 11.6 Å². The van der Waals surface area contributed by atoms with Gasteiger partial charge in [0.15, 0.2) is 0 Å². The molecule has 3 rings (SSSR count). The van der Waals surface area contributed by atoms with E-state index in [9.17, 15) is 18.0 Å². The monoisotopic (exact) mass is 419 g/mol. The zero-order chi connectivity index (χ0) is 21.9. The summed E-state index contributed by atoms with van der Waals surface area (Å²) in [6.45, 7) is 4.18. The molecule has 0 aliphatic carbocycles. The zero-order valence-electron chi connectivity index (χ0n) is 17.6. The molecular weight excluding hydrogens is 391 g/mol. The lowest BCUT2D eigenvalue weighted by Gasteiger charge is -2.32. The van der Waals surface area contributed by atoms with Gasteiger partial charge in [-0.1, -0.05) is 44.0 Å². The van der Waals surface area contributed by atoms with Gasteiger partial charge >= 0.3 is 6.18 Å². The van der Waals surface area contributed by atoms with Gasteiger partial charge in [-0.25, -0.2) is 0 Å². The Morgan fingerprint density at radius 3 is 2.47 bits per heavy atom. The van der Waals surface area contributed by atoms with Gasteiger partial charge in [0, 0.05) is 18.4 Å². The summed E-state index contributed by atoms with van der Waals surface area (Å²) in [5.74, 6) is -0.261. The van der Waals surface area contributed by atoms with Crippen LogP contribution in [0.4, 0.5) is 18.9 Å². The van der Waals surface area contributed by atoms with Crippen molar-refractivity contribution in [3.8, 4) is 0 Å². The highest BCUT2D eigenvalue weighted by Crippen LogP contribution is 2.43. The Hall–Kier alpha value is -2.34. The molecule has 162 valence electrons. The van der Waals surface area contributed by atoms with Crippen LogP contribution in [0.5, 0.6) is 0 Å². The standard InChI is InChI=1S/C24H28F3NO2/c1-4-5-14-23(2,30-3)15-13-21-19-11-6-7-12-20(19)22(29)28(21)18-10-8-9-17(16-18)24(25,26)27/h6-12,16,21H,4-5,13-15H2,1-3H3. The Morgan fingerprint density at radius 2 is 1.80 bits per heavy atom. The summed E-state index contributed by atoms with van der Waals surface area (Å²) >= 11 is 0. The van der Waals surface area contributed by atoms with Gasteiger partial charge in [0.2, 0.25) is 0 Å². The molecule has 0 spiro atoms. The maximum atomic E-state index is 13.3. The van der Waals surface area contributed by atoms with E-state index in [1.54, 1.807) is 25.3 Å². The van der Waals surface area contributed by atoms with Crippen LogP contribution in [-0.4, -0.2) is 18.6 Å². The maximum Gasteiger partial charge on any atom is 0.416 e. The smallest absolute Gasteiger partial charge is 0.379 e. The molecule has 0 saturated heterocycles. The lowest BCUT2D eigenvalue weighted by molar-refractivity contribution is -0.137. The van der Waals surface area contributed by atoms with E-state index >= 15 is 0 Å². The van der Waals surface area contributed by atoms with Crippen molar-refractivity contribution in [1.29, 1.82) is 0 Å². The number of hydrogen-bond donors (Lipinski definition) is 0. The Balaban J connectivity index is 1.95. The number of fused-ring (bicyclic) bond motifs is 1. The Kier molecular flexibility index (Phi) is 6.56. The molecule has 0 fully saturated rings. The van der Waals surface area contributed by atoms with Crippen LogP contribution in [0.25, 0.3) is 0 Å². The molecule has 30 heavy (non-hydrogen) atoms. The number of ether oxygens (including phenoxy) is 1. The molecule has 0 bridgehead atoms. The normalized spacial score (nSPS) is 18.4. The van der Waals surface area contributed by atoms with Crippen LogP contribution >= 0.6 is 0 Å². The number of carbonyl (C=O) groups excluding carboxylic acids is 1. The third-order valence-electron chi connectivity index (χ3n) is 6.03. The number of amides is 1. The number of rotatable bonds is 8. The maximum absolute atomic E-state index is 13.3. The van der Waals surface area contributed by atoms with E-state index in [0.717, 1.165) is 37.0 Å². The minimum atomic E-state index is -4.46. The fourth-order valence-electron chi connectivity index (χ4n) is 4.13. The van der Waals surface area contributed by atoms with E-state index in [0.29, 0.717) is 18.4 Å². The van der Waals surface area contributed by atoms with Gasteiger partial charge in [0.1, 0.15) is 0 Å². The van der Waals surface area contributed by atoms with Crippen LogP contribution in [0.15, 0.2) is 48.5 Å². The van der Waals surface area contributed by atoms with E-state index in [2.05, 4.69) is 13.8 Å². The van der Waals surface area contributed by atoms with Crippen molar-refractivity contribution in [2.75, 3.05) is 12.0 Å². The fourth-order valence-corrected chi connectivity index (χ4v) is 4.13. The average Bonchev–Trinajstić information content (AvgIpc) is 3.02. The van der Waals surface area contributed by atoms with Gasteiger partial charge in [-0.05, 0) is 56.0 Å². The Morgan fingerprint density at radius 1 is 1.07 bits per heavy atom. The second kappa shape index (κ2) is 8.80. The summed E-state index contributed by atoms with van der Waals surface area (Å²) in [6, 6.07) is 12.0. The molecular formula is C24H28F3NO2. The molecule has 2 atom stereocenters. The molecule has 0 radical (unpaired) electrons. The van der Waals surface area contributed by atoms with Crippen molar-refractivity contribution in [3.63, 3.8) is 0 Å². The molecule has 0 aromatic heterocycles. The van der Waals surface area contributed by atoms with Crippen molar-refractivity contribution in [2.45, 2.75) is 63.8 Å². The number of benzene rings is 2. The number of alkyl halides is 3. The van der Waals surface area contributed by atoms with Crippen LogP contribution in [-0.2, 0) is 10.9 Å². The van der Waals surface area contributed by atoms with Gasteiger partial charge in [0.25, 0.3) is 5.91 Å². The number of nitrogens with zero attached hydrogens (tertiary/aromatic N) is 1. The minimum absolute atomic E-state index is 0.261. The van der Waals surface area contributed by atoms with Crippen molar-refractivity contribution in [1.82, 2.24) is 0 Å². The van der Waals surface area contributed by atoms with Crippen LogP contribution in [0.2, 0.25) is 0 Å². The van der Waals surface area contributed by atoms with Gasteiger partial charge in [-0.2, -0.15) is 13.2 Å². The largest absolute Gasteiger partial charge is 0.416 e. The lowest BCUT2D eigenvalue weighted by atomic mass is 9.89.